The first-order valence-electron chi connectivity index (χ1n) is 3.57. The van der Waals surface area contributed by atoms with E-state index >= 15 is 0 Å². The molecule has 0 radical (unpaired) electrons. The van der Waals surface area contributed by atoms with Crippen molar-refractivity contribution in [3.63, 3.8) is 0 Å². The lowest BCUT2D eigenvalue weighted by Crippen LogP contribution is -1.95. The van der Waals surface area contributed by atoms with E-state index < -0.39 is 0 Å². The summed E-state index contributed by atoms with van der Waals surface area (Å²) in [6.45, 7) is 0.726. The third-order valence-corrected chi connectivity index (χ3v) is 1.40. The van der Waals surface area contributed by atoms with E-state index in [-0.39, 0.29) is 0 Å². The van der Waals surface area contributed by atoms with Gasteiger partial charge in [-0.25, -0.2) is 4.98 Å². The van der Waals surface area contributed by atoms with Crippen LogP contribution in [-0.4, -0.2) is 19.4 Å². The summed E-state index contributed by atoms with van der Waals surface area (Å²) in [6, 6.07) is 3.53. The Labute approximate surface area is 71.9 Å². The molecular formula is C7H9BClNO. The van der Waals surface area contributed by atoms with E-state index in [2.05, 4.69) is 12.8 Å². The molecule has 0 unspecified atom stereocenters. The Morgan fingerprint density at radius 1 is 1.55 bits per heavy atom. The van der Waals surface area contributed by atoms with Crippen LogP contribution in [0.4, 0.5) is 0 Å². The maximum Gasteiger partial charge on any atom is 0.137 e. The van der Waals surface area contributed by atoms with Crippen LogP contribution in [0, 0.1) is 0 Å². The van der Waals surface area contributed by atoms with Crippen molar-refractivity contribution in [3.05, 3.63) is 23.5 Å². The number of pyridine rings is 1. The molecule has 1 rings (SSSR count). The van der Waals surface area contributed by atoms with E-state index in [1.165, 1.54) is 0 Å². The predicted molar refractivity (Wildman–Crippen MR) is 48.1 cm³/mol. The van der Waals surface area contributed by atoms with Gasteiger partial charge in [0.15, 0.2) is 0 Å². The highest BCUT2D eigenvalue weighted by Gasteiger charge is 1.92. The van der Waals surface area contributed by atoms with E-state index in [0.29, 0.717) is 5.15 Å². The quantitative estimate of drug-likeness (QED) is 0.500. The molecule has 0 saturated carbocycles. The molecule has 1 aromatic rings. The summed E-state index contributed by atoms with van der Waals surface area (Å²) in [5.74, 6) is 0.774. The number of halogens is 1. The minimum Gasteiger partial charge on any atom is -0.493 e. The zero-order chi connectivity index (χ0) is 8.10. The number of ether oxygens (including phenoxy) is 1. The first-order chi connectivity index (χ1) is 5.33. The molecule has 0 spiro atoms. The highest BCUT2D eigenvalue weighted by Crippen LogP contribution is 2.11. The van der Waals surface area contributed by atoms with Gasteiger partial charge in [0.1, 0.15) is 18.7 Å². The lowest BCUT2D eigenvalue weighted by atomic mass is 10.1. The molecule has 2 nitrogen and oxygen atoms in total. The monoisotopic (exact) mass is 169 g/mol. The fourth-order valence-electron chi connectivity index (χ4n) is 0.668. The molecule has 0 aliphatic rings. The van der Waals surface area contributed by atoms with Crippen LogP contribution in [0.15, 0.2) is 18.3 Å². The average molecular weight is 169 g/mol. The van der Waals surface area contributed by atoms with Crippen LogP contribution in [0.2, 0.25) is 11.5 Å². The van der Waals surface area contributed by atoms with Gasteiger partial charge in [0.05, 0.1) is 12.8 Å². The van der Waals surface area contributed by atoms with E-state index in [1.54, 1.807) is 12.3 Å². The van der Waals surface area contributed by atoms with Gasteiger partial charge in [0, 0.05) is 0 Å². The first kappa shape index (κ1) is 8.40. The third kappa shape index (κ3) is 2.80. The third-order valence-electron chi connectivity index (χ3n) is 1.17. The Bertz CT molecular complexity index is 214. The van der Waals surface area contributed by atoms with E-state index in [0.717, 1.165) is 18.7 Å². The van der Waals surface area contributed by atoms with Gasteiger partial charge in [0.25, 0.3) is 0 Å². The van der Waals surface area contributed by atoms with Gasteiger partial charge in [-0.05, 0) is 18.5 Å². The van der Waals surface area contributed by atoms with Crippen LogP contribution in [0.5, 0.6) is 5.75 Å². The maximum atomic E-state index is 5.58. The van der Waals surface area contributed by atoms with Gasteiger partial charge in [-0.2, -0.15) is 0 Å². The molecule has 0 fully saturated rings. The van der Waals surface area contributed by atoms with E-state index in [4.69, 9.17) is 16.3 Å². The summed E-state index contributed by atoms with van der Waals surface area (Å²) in [6.07, 6.45) is 2.63. The van der Waals surface area contributed by atoms with Crippen molar-refractivity contribution in [1.29, 1.82) is 0 Å². The summed E-state index contributed by atoms with van der Waals surface area (Å²) in [5.41, 5.74) is 0. The van der Waals surface area contributed by atoms with Gasteiger partial charge in [0.2, 0.25) is 0 Å². The minimum absolute atomic E-state index is 0.494. The maximum absolute atomic E-state index is 5.58. The SMILES string of the molecule is BCCOc1ccc(Cl)nc1. The molecule has 1 aromatic heterocycles. The average Bonchev–Trinajstić information content (AvgIpc) is 2.04. The predicted octanol–water partition coefficient (Wildman–Crippen LogP) is 1.17. The van der Waals surface area contributed by atoms with Crippen molar-refractivity contribution in [3.8, 4) is 5.75 Å². The second kappa shape index (κ2) is 4.24. The molecular weight excluding hydrogens is 160 g/mol. The molecule has 0 aromatic carbocycles. The van der Waals surface area contributed by atoms with Crippen LogP contribution in [-0.2, 0) is 0 Å². The standard InChI is InChI=1S/C7H9BClNO/c8-3-4-11-6-1-2-7(9)10-5-6/h1-2,5H,3-4,8H2. The Balaban J connectivity index is 2.52. The lowest BCUT2D eigenvalue weighted by Gasteiger charge is -2.02. The summed E-state index contributed by atoms with van der Waals surface area (Å²) in [4.78, 5) is 3.87. The van der Waals surface area contributed by atoms with E-state index in [1.807, 2.05) is 6.07 Å². The van der Waals surface area contributed by atoms with Crippen molar-refractivity contribution in [2.24, 2.45) is 0 Å². The molecule has 0 aliphatic carbocycles. The van der Waals surface area contributed by atoms with Crippen LogP contribution >= 0.6 is 11.6 Å². The van der Waals surface area contributed by atoms with Crippen molar-refractivity contribution in [2.75, 3.05) is 6.61 Å². The molecule has 0 aliphatic heterocycles. The molecule has 0 bridgehead atoms. The highest BCUT2D eigenvalue weighted by molar-refractivity contribution is 6.29. The molecule has 0 atom stereocenters. The second-order valence-corrected chi connectivity index (χ2v) is 2.55. The minimum atomic E-state index is 0.494. The number of rotatable bonds is 3. The normalized spacial score (nSPS) is 9.55. The van der Waals surface area contributed by atoms with Gasteiger partial charge in [-0.15, -0.1) is 0 Å². The Kier molecular flexibility index (Phi) is 3.24. The van der Waals surface area contributed by atoms with Crippen LogP contribution < -0.4 is 4.74 Å². The van der Waals surface area contributed by atoms with Gasteiger partial charge in [-0.1, -0.05) is 11.6 Å². The summed E-state index contributed by atoms with van der Waals surface area (Å²) >= 11 is 5.58. The molecule has 1 heterocycles. The number of hydrogen-bond acceptors (Lipinski definition) is 2. The zero-order valence-electron chi connectivity index (χ0n) is 6.38. The number of nitrogens with zero attached hydrogens (tertiary/aromatic N) is 1. The summed E-state index contributed by atoms with van der Waals surface area (Å²) in [5, 5.41) is 0.494. The van der Waals surface area contributed by atoms with Crippen molar-refractivity contribution in [1.82, 2.24) is 4.98 Å². The van der Waals surface area contributed by atoms with Crippen molar-refractivity contribution < 1.29 is 4.74 Å². The zero-order valence-corrected chi connectivity index (χ0v) is 7.14. The largest absolute Gasteiger partial charge is 0.493 e. The molecule has 58 valence electrons. The fraction of sp³-hybridized carbons (Fsp3) is 0.286. The van der Waals surface area contributed by atoms with Gasteiger partial charge in [-0.3, -0.25) is 0 Å². The molecule has 0 N–H and O–H groups in total. The smallest absolute Gasteiger partial charge is 0.137 e. The van der Waals surface area contributed by atoms with Crippen molar-refractivity contribution in [2.45, 2.75) is 6.32 Å². The highest BCUT2D eigenvalue weighted by atomic mass is 35.5. The van der Waals surface area contributed by atoms with Gasteiger partial charge >= 0.3 is 0 Å². The van der Waals surface area contributed by atoms with E-state index in [9.17, 15) is 0 Å². The Hall–Kier alpha value is -0.695. The first-order valence-corrected chi connectivity index (χ1v) is 3.95. The van der Waals surface area contributed by atoms with Crippen LogP contribution in [0.25, 0.3) is 0 Å². The molecule has 4 heteroatoms. The van der Waals surface area contributed by atoms with Gasteiger partial charge < -0.3 is 4.74 Å². The molecule has 0 amide bonds. The topological polar surface area (TPSA) is 22.1 Å². The number of aromatic nitrogens is 1. The summed E-state index contributed by atoms with van der Waals surface area (Å²) in [7, 11) is 2.06. The molecule has 0 saturated heterocycles. The second-order valence-electron chi connectivity index (χ2n) is 2.17. The van der Waals surface area contributed by atoms with Crippen LogP contribution in [0.1, 0.15) is 0 Å². The lowest BCUT2D eigenvalue weighted by molar-refractivity contribution is 0.339. The van der Waals surface area contributed by atoms with Crippen LogP contribution in [0.3, 0.4) is 0 Å². The summed E-state index contributed by atoms with van der Waals surface area (Å²) < 4.78 is 5.29. The van der Waals surface area contributed by atoms with Crippen molar-refractivity contribution >= 4 is 19.4 Å². The number of hydrogen-bond donors (Lipinski definition) is 0. The Morgan fingerprint density at radius 2 is 2.36 bits per heavy atom. The fourth-order valence-corrected chi connectivity index (χ4v) is 0.779. The molecule has 11 heavy (non-hydrogen) atoms. The Morgan fingerprint density at radius 3 is 2.91 bits per heavy atom.